The number of fused-ring (bicyclic) bond motifs is 1. The van der Waals surface area contributed by atoms with Gasteiger partial charge in [-0.15, -0.1) is 11.3 Å². The summed E-state index contributed by atoms with van der Waals surface area (Å²) in [6, 6.07) is 11.2. The van der Waals surface area contributed by atoms with Gasteiger partial charge in [0.2, 0.25) is 0 Å². The third kappa shape index (κ3) is 2.91. The average Bonchev–Trinajstić information content (AvgIpc) is 3.11. The highest BCUT2D eigenvalue weighted by molar-refractivity contribution is 7.12. The molecule has 0 aliphatic heterocycles. The van der Waals surface area contributed by atoms with Crippen LogP contribution in [0.25, 0.3) is 11.0 Å². The Morgan fingerprint density at radius 2 is 2.14 bits per heavy atom. The van der Waals surface area contributed by atoms with E-state index in [1.165, 1.54) is 11.3 Å². The van der Waals surface area contributed by atoms with E-state index >= 15 is 0 Å². The number of benzene rings is 1. The summed E-state index contributed by atoms with van der Waals surface area (Å²) in [6.45, 7) is 3.66. The zero-order valence-electron chi connectivity index (χ0n) is 12.4. The lowest BCUT2D eigenvalue weighted by molar-refractivity contribution is 0.0345. The van der Waals surface area contributed by atoms with E-state index in [0.717, 1.165) is 16.5 Å². The topological polar surface area (TPSA) is 62.5 Å². The predicted molar refractivity (Wildman–Crippen MR) is 87.2 cm³/mol. The Bertz CT molecular complexity index is 783. The molecular formula is C17H17NO3S. The molecule has 0 radical (unpaired) electrons. The Morgan fingerprint density at radius 1 is 1.36 bits per heavy atom. The van der Waals surface area contributed by atoms with Crippen LogP contribution in [-0.2, 0) is 5.60 Å². The molecule has 1 aromatic carbocycles. The van der Waals surface area contributed by atoms with E-state index in [4.69, 9.17) is 4.42 Å². The van der Waals surface area contributed by atoms with Crippen molar-refractivity contribution in [3.63, 3.8) is 0 Å². The summed E-state index contributed by atoms with van der Waals surface area (Å²) in [5.41, 5.74) is 0.512. The quantitative estimate of drug-likeness (QED) is 0.775. The van der Waals surface area contributed by atoms with Gasteiger partial charge in [-0.2, -0.15) is 0 Å². The van der Waals surface area contributed by atoms with Gasteiger partial charge >= 0.3 is 0 Å². The molecule has 114 valence electrons. The highest BCUT2D eigenvalue weighted by Gasteiger charge is 2.28. The third-order valence-corrected chi connectivity index (χ3v) is 4.55. The number of para-hydroxylation sites is 1. The number of thiophene rings is 1. The van der Waals surface area contributed by atoms with Crippen molar-refractivity contribution in [2.75, 3.05) is 6.54 Å². The Morgan fingerprint density at radius 3 is 2.82 bits per heavy atom. The fourth-order valence-electron chi connectivity index (χ4n) is 2.22. The maximum Gasteiger partial charge on any atom is 0.261 e. The van der Waals surface area contributed by atoms with Gasteiger partial charge in [0.25, 0.3) is 5.91 Å². The fourth-order valence-corrected chi connectivity index (χ4v) is 3.04. The molecule has 1 atom stereocenters. The van der Waals surface area contributed by atoms with E-state index in [2.05, 4.69) is 5.32 Å². The first kappa shape index (κ1) is 14.8. The molecular weight excluding hydrogens is 298 g/mol. The standard InChI is InChI=1S/C17H17NO3S/c1-11-7-14(22-9-11)16(19)18-10-17(2,20)15-8-12-5-3-4-6-13(12)21-15/h3-9,20H,10H2,1-2H3,(H,18,19)/t17-/m0/s1. The number of hydrogen-bond acceptors (Lipinski definition) is 4. The molecule has 0 saturated carbocycles. The Balaban J connectivity index is 1.74. The number of hydrogen-bond donors (Lipinski definition) is 2. The summed E-state index contributed by atoms with van der Waals surface area (Å²) in [5.74, 6) is 0.255. The number of amides is 1. The molecule has 3 rings (SSSR count). The maximum atomic E-state index is 12.1. The van der Waals surface area contributed by atoms with Crippen LogP contribution in [-0.4, -0.2) is 17.6 Å². The Hall–Kier alpha value is -2.11. The number of aryl methyl sites for hydroxylation is 1. The smallest absolute Gasteiger partial charge is 0.261 e. The van der Waals surface area contributed by atoms with Gasteiger partial charge in [-0.25, -0.2) is 0 Å². The third-order valence-electron chi connectivity index (χ3n) is 3.50. The molecule has 2 aromatic heterocycles. The number of aliphatic hydroxyl groups is 1. The number of nitrogens with one attached hydrogen (secondary N) is 1. The van der Waals surface area contributed by atoms with Crippen LogP contribution in [0.5, 0.6) is 0 Å². The van der Waals surface area contributed by atoms with Crippen molar-refractivity contribution in [2.45, 2.75) is 19.4 Å². The van der Waals surface area contributed by atoms with E-state index in [1.807, 2.05) is 42.6 Å². The number of carbonyl (C=O) groups excluding carboxylic acids is 1. The lowest BCUT2D eigenvalue weighted by Crippen LogP contribution is -2.38. The largest absolute Gasteiger partial charge is 0.458 e. The van der Waals surface area contributed by atoms with Crippen LogP contribution < -0.4 is 5.32 Å². The molecule has 2 N–H and O–H groups in total. The molecule has 4 nitrogen and oxygen atoms in total. The van der Waals surface area contributed by atoms with Gasteiger partial charge in [-0.1, -0.05) is 18.2 Å². The van der Waals surface area contributed by atoms with Crippen LogP contribution in [0.3, 0.4) is 0 Å². The first-order chi connectivity index (χ1) is 10.5. The van der Waals surface area contributed by atoms with Crippen molar-refractivity contribution >= 4 is 28.2 Å². The Labute approximate surface area is 132 Å². The number of carbonyl (C=O) groups is 1. The van der Waals surface area contributed by atoms with Gasteiger partial charge in [0.1, 0.15) is 16.9 Å². The molecule has 0 saturated heterocycles. The van der Waals surface area contributed by atoms with Gasteiger partial charge in [0, 0.05) is 5.39 Å². The highest BCUT2D eigenvalue weighted by atomic mass is 32.1. The molecule has 0 spiro atoms. The van der Waals surface area contributed by atoms with Gasteiger partial charge < -0.3 is 14.8 Å². The summed E-state index contributed by atoms with van der Waals surface area (Å²) >= 11 is 1.39. The molecule has 0 unspecified atom stereocenters. The molecule has 2 heterocycles. The Kier molecular flexibility index (Phi) is 3.76. The summed E-state index contributed by atoms with van der Waals surface area (Å²) in [7, 11) is 0. The first-order valence-electron chi connectivity index (χ1n) is 7.00. The van der Waals surface area contributed by atoms with E-state index < -0.39 is 5.60 Å². The van der Waals surface area contributed by atoms with Gasteiger partial charge in [-0.05, 0) is 43.0 Å². The molecule has 22 heavy (non-hydrogen) atoms. The average molecular weight is 315 g/mol. The minimum Gasteiger partial charge on any atom is -0.458 e. The minimum atomic E-state index is -1.26. The highest BCUT2D eigenvalue weighted by Crippen LogP contribution is 2.27. The maximum absolute atomic E-state index is 12.1. The molecule has 0 aliphatic carbocycles. The van der Waals surface area contributed by atoms with Crippen LogP contribution in [0.1, 0.15) is 27.9 Å². The van der Waals surface area contributed by atoms with Crippen molar-refractivity contribution in [1.82, 2.24) is 5.32 Å². The number of furan rings is 1. The van der Waals surface area contributed by atoms with Gasteiger partial charge in [0.05, 0.1) is 11.4 Å². The van der Waals surface area contributed by atoms with Crippen molar-refractivity contribution in [2.24, 2.45) is 0 Å². The summed E-state index contributed by atoms with van der Waals surface area (Å²) < 4.78 is 5.68. The van der Waals surface area contributed by atoms with Crippen LogP contribution in [0, 0.1) is 6.92 Å². The second-order valence-corrected chi connectivity index (χ2v) is 6.50. The molecule has 1 amide bonds. The monoisotopic (exact) mass is 315 g/mol. The molecule has 0 fully saturated rings. The first-order valence-corrected chi connectivity index (χ1v) is 7.88. The molecule has 3 aromatic rings. The van der Waals surface area contributed by atoms with Gasteiger partial charge in [-0.3, -0.25) is 4.79 Å². The van der Waals surface area contributed by atoms with Crippen LogP contribution in [0.2, 0.25) is 0 Å². The minimum absolute atomic E-state index is 0.0859. The summed E-state index contributed by atoms with van der Waals surface area (Å²) in [6.07, 6.45) is 0. The van der Waals surface area contributed by atoms with E-state index in [9.17, 15) is 9.90 Å². The van der Waals surface area contributed by atoms with Crippen molar-refractivity contribution in [1.29, 1.82) is 0 Å². The molecule has 0 bridgehead atoms. The van der Waals surface area contributed by atoms with E-state index in [1.54, 1.807) is 13.0 Å². The van der Waals surface area contributed by atoms with E-state index in [-0.39, 0.29) is 12.5 Å². The lowest BCUT2D eigenvalue weighted by atomic mass is 10.0. The second-order valence-electron chi connectivity index (χ2n) is 5.59. The lowest BCUT2D eigenvalue weighted by Gasteiger charge is -2.20. The SMILES string of the molecule is Cc1csc(C(=O)NC[C@](C)(O)c2cc3ccccc3o2)c1. The van der Waals surface area contributed by atoms with Crippen molar-refractivity contribution in [3.8, 4) is 0 Å². The van der Waals surface area contributed by atoms with Crippen molar-refractivity contribution < 1.29 is 14.3 Å². The van der Waals surface area contributed by atoms with Crippen LogP contribution in [0.4, 0.5) is 0 Å². The fraction of sp³-hybridized carbons (Fsp3) is 0.235. The molecule has 0 aliphatic rings. The second kappa shape index (κ2) is 5.59. The molecule has 5 heteroatoms. The zero-order chi connectivity index (χ0) is 15.7. The van der Waals surface area contributed by atoms with E-state index in [0.29, 0.717) is 10.6 Å². The normalized spacial score (nSPS) is 14.0. The van der Waals surface area contributed by atoms with Crippen LogP contribution in [0.15, 0.2) is 46.2 Å². The van der Waals surface area contributed by atoms with Crippen LogP contribution >= 0.6 is 11.3 Å². The number of rotatable bonds is 4. The summed E-state index contributed by atoms with van der Waals surface area (Å²) in [5, 5.41) is 16.2. The summed E-state index contributed by atoms with van der Waals surface area (Å²) in [4.78, 5) is 12.7. The zero-order valence-corrected chi connectivity index (χ0v) is 13.2. The van der Waals surface area contributed by atoms with Gasteiger partial charge in [0.15, 0.2) is 0 Å². The van der Waals surface area contributed by atoms with Crippen molar-refractivity contribution in [3.05, 3.63) is 58.0 Å². The predicted octanol–water partition coefficient (Wildman–Crippen LogP) is 3.44.